The molecule has 1 aliphatic rings. The average molecular weight is 256 g/mol. The monoisotopic (exact) mass is 256 g/mol. The van der Waals surface area contributed by atoms with Gasteiger partial charge in [0.1, 0.15) is 6.17 Å². The summed E-state index contributed by atoms with van der Waals surface area (Å²) in [5.41, 5.74) is 6.81. The molecule has 1 amide bonds. The molecule has 1 rings (SSSR count). The Morgan fingerprint density at radius 3 is 2.50 bits per heavy atom. The molecule has 0 radical (unpaired) electrons. The van der Waals surface area contributed by atoms with E-state index in [2.05, 4.69) is 0 Å². The number of likely N-dealkylation sites (tertiary alicyclic amines) is 1. The second-order valence-corrected chi connectivity index (χ2v) is 3.63. The molecular formula is C11H22FKN2O. The van der Waals surface area contributed by atoms with E-state index >= 15 is 0 Å². The van der Waals surface area contributed by atoms with Gasteiger partial charge in [0.15, 0.2) is 0 Å². The molecular weight excluding hydrogens is 234 g/mol. The third kappa shape index (κ3) is 7.35. The summed E-state index contributed by atoms with van der Waals surface area (Å²) in [7, 11) is 0. The number of carbonyl (C=O) groups excluding carboxylic acids is 1. The third-order valence-electron chi connectivity index (χ3n) is 2.62. The molecule has 1 aliphatic heterocycles. The van der Waals surface area contributed by atoms with Crippen LogP contribution in [0.5, 0.6) is 0 Å². The van der Waals surface area contributed by atoms with Crippen molar-refractivity contribution in [1.29, 1.82) is 0 Å². The largest absolute Gasteiger partial charge is 1.00 e. The number of nitrogens with zero attached hydrogens (tertiary/aromatic N) is 1. The molecule has 0 saturated carbocycles. The minimum Gasteiger partial charge on any atom is -0.667 e. The number of carbonyl (C=O) groups is 1. The van der Waals surface area contributed by atoms with Gasteiger partial charge in [-0.3, -0.25) is 4.90 Å². The number of hydrogen-bond acceptors (Lipinski definition) is 2. The van der Waals surface area contributed by atoms with E-state index in [0.717, 1.165) is 6.42 Å². The summed E-state index contributed by atoms with van der Waals surface area (Å²) < 4.78 is 13.2. The zero-order chi connectivity index (χ0) is 11.8. The topological polar surface area (TPSA) is 44.1 Å². The van der Waals surface area contributed by atoms with Crippen molar-refractivity contribution >= 4 is 5.91 Å². The molecule has 0 aromatic rings. The van der Waals surface area contributed by atoms with Crippen molar-refractivity contribution in [2.45, 2.75) is 39.8 Å². The van der Waals surface area contributed by atoms with Crippen LogP contribution in [0.4, 0.5) is 4.39 Å². The number of piperidine rings is 1. The Morgan fingerprint density at radius 1 is 1.50 bits per heavy atom. The Labute approximate surface area is 141 Å². The third-order valence-corrected chi connectivity index (χ3v) is 2.62. The molecule has 16 heavy (non-hydrogen) atoms. The van der Waals surface area contributed by atoms with Crippen molar-refractivity contribution in [3.05, 3.63) is 5.73 Å². The van der Waals surface area contributed by atoms with E-state index in [4.69, 9.17) is 5.73 Å². The minimum atomic E-state index is -0.720. The zero-order valence-corrected chi connectivity index (χ0v) is 14.0. The van der Waals surface area contributed by atoms with Crippen molar-refractivity contribution in [2.75, 3.05) is 19.6 Å². The Bertz CT molecular complexity index is 193. The first-order chi connectivity index (χ1) is 7.13. The van der Waals surface area contributed by atoms with Crippen molar-refractivity contribution in [1.82, 2.24) is 4.90 Å². The number of hydrogen-bond donors (Lipinski definition) is 0. The summed E-state index contributed by atoms with van der Waals surface area (Å²) in [6, 6.07) is 0. The van der Waals surface area contributed by atoms with Gasteiger partial charge in [-0.2, -0.15) is 0 Å². The molecule has 0 bridgehead atoms. The van der Waals surface area contributed by atoms with Crippen molar-refractivity contribution in [3.8, 4) is 0 Å². The molecule has 1 heterocycles. The SMILES string of the molecule is CC.CCC1CN(CC([NH-])=O)CCC1F.[K+]. The van der Waals surface area contributed by atoms with Crippen molar-refractivity contribution < 1.29 is 60.6 Å². The molecule has 0 spiro atoms. The normalized spacial score (nSPS) is 25.0. The number of nitrogens with one attached hydrogen (secondary N) is 1. The molecule has 0 aromatic heterocycles. The van der Waals surface area contributed by atoms with Crippen LogP contribution in [-0.4, -0.2) is 36.6 Å². The summed E-state index contributed by atoms with van der Waals surface area (Å²) in [4.78, 5) is 12.4. The van der Waals surface area contributed by atoms with E-state index in [0.29, 0.717) is 19.5 Å². The fraction of sp³-hybridized carbons (Fsp3) is 0.909. The zero-order valence-electron chi connectivity index (χ0n) is 10.9. The fourth-order valence-corrected chi connectivity index (χ4v) is 1.81. The van der Waals surface area contributed by atoms with Crippen molar-refractivity contribution in [3.63, 3.8) is 0 Å². The van der Waals surface area contributed by atoms with Gasteiger partial charge in [0.2, 0.25) is 0 Å². The van der Waals surface area contributed by atoms with E-state index in [1.54, 1.807) is 0 Å². The molecule has 2 atom stereocenters. The van der Waals surface area contributed by atoms with Crippen LogP contribution in [0.15, 0.2) is 0 Å². The summed E-state index contributed by atoms with van der Waals surface area (Å²) >= 11 is 0. The summed E-state index contributed by atoms with van der Waals surface area (Å²) in [5.74, 6) is -0.528. The summed E-state index contributed by atoms with van der Waals surface area (Å²) in [5, 5.41) is 0. The average Bonchev–Trinajstić information content (AvgIpc) is 2.23. The molecule has 0 aliphatic carbocycles. The molecule has 1 N–H and O–H groups in total. The smallest absolute Gasteiger partial charge is 0.667 e. The maximum Gasteiger partial charge on any atom is 1.00 e. The van der Waals surface area contributed by atoms with E-state index in [1.807, 2.05) is 25.7 Å². The standard InChI is InChI=1S/C9H17FN2O.C2H6.K/c1-2-7-5-12(6-9(11)13)4-3-8(7)10;1-2;/h7-8H,2-6H2,1H3,(H2,11,13);1-2H3;/q;;+1/p-1. The van der Waals surface area contributed by atoms with Crippen LogP contribution in [0.25, 0.3) is 5.73 Å². The van der Waals surface area contributed by atoms with Gasteiger partial charge in [0.05, 0.1) is 5.91 Å². The van der Waals surface area contributed by atoms with Crippen LogP contribution in [-0.2, 0) is 4.79 Å². The van der Waals surface area contributed by atoms with Crippen molar-refractivity contribution in [2.24, 2.45) is 5.92 Å². The molecule has 90 valence electrons. The predicted octanol–water partition coefficient (Wildman–Crippen LogP) is -0.335. The van der Waals surface area contributed by atoms with Crippen LogP contribution in [0, 0.1) is 5.92 Å². The van der Waals surface area contributed by atoms with E-state index in [9.17, 15) is 9.18 Å². The quantitative estimate of drug-likeness (QED) is 0.649. The molecule has 1 fully saturated rings. The summed E-state index contributed by atoms with van der Waals surface area (Å²) in [6.07, 6.45) is 0.595. The van der Waals surface area contributed by atoms with Crippen LogP contribution in [0.1, 0.15) is 33.6 Å². The first kappa shape index (κ1) is 19.3. The van der Waals surface area contributed by atoms with E-state index in [-0.39, 0.29) is 63.8 Å². The van der Waals surface area contributed by atoms with Gasteiger partial charge >= 0.3 is 51.4 Å². The maximum atomic E-state index is 13.2. The van der Waals surface area contributed by atoms with E-state index in [1.165, 1.54) is 0 Å². The number of halogens is 1. The number of amides is 1. The second kappa shape index (κ2) is 11.1. The number of rotatable bonds is 3. The Morgan fingerprint density at radius 2 is 2.06 bits per heavy atom. The molecule has 0 aromatic carbocycles. The molecule has 1 saturated heterocycles. The van der Waals surface area contributed by atoms with Crippen LogP contribution in [0.2, 0.25) is 0 Å². The maximum absolute atomic E-state index is 13.2. The summed E-state index contributed by atoms with van der Waals surface area (Å²) in [6.45, 7) is 7.36. The van der Waals surface area contributed by atoms with E-state index < -0.39 is 12.1 Å². The van der Waals surface area contributed by atoms with Crippen LogP contribution in [0.3, 0.4) is 0 Å². The van der Waals surface area contributed by atoms with Gasteiger partial charge in [0, 0.05) is 25.6 Å². The molecule has 3 nitrogen and oxygen atoms in total. The fourth-order valence-electron chi connectivity index (χ4n) is 1.81. The predicted molar refractivity (Wildman–Crippen MR) is 60.4 cm³/mol. The van der Waals surface area contributed by atoms with Crippen LogP contribution < -0.4 is 51.4 Å². The van der Waals surface area contributed by atoms with Gasteiger partial charge in [-0.05, 0) is 12.8 Å². The van der Waals surface area contributed by atoms with Gasteiger partial charge < -0.3 is 10.5 Å². The van der Waals surface area contributed by atoms with Gasteiger partial charge in [-0.25, -0.2) is 4.39 Å². The van der Waals surface area contributed by atoms with Gasteiger partial charge in [-0.1, -0.05) is 20.8 Å². The minimum absolute atomic E-state index is 0. The Balaban J connectivity index is 0. The molecule has 5 heteroatoms. The Hall–Kier alpha value is 0.996. The first-order valence-corrected chi connectivity index (χ1v) is 5.74. The Kier molecular flexibility index (Phi) is 13.4. The number of alkyl halides is 1. The molecule has 2 unspecified atom stereocenters. The second-order valence-electron chi connectivity index (χ2n) is 3.63. The van der Waals surface area contributed by atoms with Gasteiger partial charge in [0.25, 0.3) is 0 Å². The van der Waals surface area contributed by atoms with Crippen LogP contribution >= 0.6 is 0 Å². The first-order valence-electron chi connectivity index (χ1n) is 5.74. The van der Waals surface area contributed by atoms with Gasteiger partial charge in [-0.15, -0.1) is 0 Å².